The van der Waals surface area contributed by atoms with E-state index < -0.39 is 0 Å². The van der Waals surface area contributed by atoms with Crippen LogP contribution in [0.3, 0.4) is 0 Å². The summed E-state index contributed by atoms with van der Waals surface area (Å²) in [7, 11) is 0. The Morgan fingerprint density at radius 2 is 2.00 bits per heavy atom. The zero-order chi connectivity index (χ0) is 21.0. The number of thiophene rings is 1. The van der Waals surface area contributed by atoms with E-state index in [4.69, 9.17) is 4.98 Å². The van der Waals surface area contributed by atoms with Gasteiger partial charge in [-0.1, -0.05) is 18.2 Å². The Kier molecular flexibility index (Phi) is 5.82. The molecule has 4 aromatic rings. The van der Waals surface area contributed by atoms with E-state index in [1.54, 1.807) is 36.0 Å². The van der Waals surface area contributed by atoms with Crippen LogP contribution in [0.5, 0.6) is 0 Å². The van der Waals surface area contributed by atoms with E-state index in [1.165, 1.54) is 11.6 Å². The number of hydrogen-bond acceptors (Lipinski definition) is 5. The van der Waals surface area contributed by atoms with Crippen molar-refractivity contribution in [3.05, 3.63) is 88.9 Å². The minimum absolute atomic E-state index is 0.223. The number of nitrogens with zero attached hydrogens (tertiary/aromatic N) is 4. The second-order valence-corrected chi connectivity index (χ2v) is 8.70. The third-order valence-corrected chi connectivity index (χ3v) is 6.51. The standard InChI is InChI=1S/C25H23FN4S/c26-23-8-2-1-7-21(23)22-14-28-25(19-5-3-10-27-13-19)29-24(22)20-6-4-11-30(16-20)15-18-9-12-31-17-18/h1-3,5,7-10,12-14,17,20H,4,6,11,15-16H2/t20-/m1/s1. The Hall–Kier alpha value is -2.96. The van der Waals surface area contributed by atoms with Crippen LogP contribution in [-0.2, 0) is 6.54 Å². The van der Waals surface area contributed by atoms with E-state index in [-0.39, 0.29) is 11.7 Å². The molecule has 1 fully saturated rings. The summed E-state index contributed by atoms with van der Waals surface area (Å²) >= 11 is 1.73. The average Bonchev–Trinajstić information content (AvgIpc) is 3.33. The van der Waals surface area contributed by atoms with E-state index in [9.17, 15) is 4.39 Å². The Bertz CT molecular complexity index is 1150. The molecule has 4 nitrogen and oxygen atoms in total. The van der Waals surface area contributed by atoms with Crippen molar-refractivity contribution in [3.8, 4) is 22.5 Å². The van der Waals surface area contributed by atoms with Crippen molar-refractivity contribution in [3.63, 3.8) is 0 Å². The molecule has 0 amide bonds. The predicted molar refractivity (Wildman–Crippen MR) is 122 cm³/mol. The maximum Gasteiger partial charge on any atom is 0.160 e. The first-order chi connectivity index (χ1) is 15.3. The highest BCUT2D eigenvalue weighted by atomic mass is 32.1. The van der Waals surface area contributed by atoms with Crippen LogP contribution in [0.25, 0.3) is 22.5 Å². The topological polar surface area (TPSA) is 41.9 Å². The van der Waals surface area contributed by atoms with Crippen LogP contribution < -0.4 is 0 Å². The molecule has 31 heavy (non-hydrogen) atoms. The number of likely N-dealkylation sites (tertiary alicyclic amines) is 1. The summed E-state index contributed by atoms with van der Waals surface area (Å²) in [5.74, 6) is 0.617. The highest BCUT2D eigenvalue weighted by Crippen LogP contribution is 2.35. The molecule has 0 unspecified atom stereocenters. The number of rotatable bonds is 5. The first-order valence-electron chi connectivity index (χ1n) is 10.5. The number of hydrogen-bond donors (Lipinski definition) is 0. The molecule has 5 rings (SSSR count). The largest absolute Gasteiger partial charge is 0.298 e. The molecular weight excluding hydrogens is 407 g/mol. The van der Waals surface area contributed by atoms with Crippen LogP contribution >= 0.6 is 11.3 Å². The monoisotopic (exact) mass is 430 g/mol. The molecule has 0 spiro atoms. The fourth-order valence-electron chi connectivity index (χ4n) is 4.29. The van der Waals surface area contributed by atoms with Crippen molar-refractivity contribution in [2.45, 2.75) is 25.3 Å². The SMILES string of the molecule is Fc1ccccc1-c1cnc(-c2cccnc2)nc1[C@@H]1CCCN(Cc2ccsc2)C1. The lowest BCUT2D eigenvalue weighted by atomic mass is 9.89. The highest BCUT2D eigenvalue weighted by molar-refractivity contribution is 7.07. The average molecular weight is 431 g/mol. The van der Waals surface area contributed by atoms with Gasteiger partial charge < -0.3 is 0 Å². The highest BCUT2D eigenvalue weighted by Gasteiger charge is 2.26. The van der Waals surface area contributed by atoms with Crippen LogP contribution in [0.2, 0.25) is 0 Å². The summed E-state index contributed by atoms with van der Waals surface area (Å²) in [6, 6.07) is 12.9. The van der Waals surface area contributed by atoms with Gasteiger partial charge in [-0.3, -0.25) is 9.88 Å². The lowest BCUT2D eigenvalue weighted by Crippen LogP contribution is -2.34. The number of piperidine rings is 1. The lowest BCUT2D eigenvalue weighted by molar-refractivity contribution is 0.199. The van der Waals surface area contributed by atoms with Crippen molar-refractivity contribution in [1.82, 2.24) is 19.9 Å². The van der Waals surface area contributed by atoms with Gasteiger partial charge in [0, 0.05) is 54.3 Å². The number of benzene rings is 1. The zero-order valence-electron chi connectivity index (χ0n) is 17.1. The second kappa shape index (κ2) is 9.04. The van der Waals surface area contributed by atoms with Gasteiger partial charge in [-0.2, -0.15) is 11.3 Å². The molecule has 1 aliphatic heterocycles. The first kappa shape index (κ1) is 20.0. The fraction of sp³-hybridized carbons (Fsp3) is 0.240. The van der Waals surface area contributed by atoms with Gasteiger partial charge in [-0.25, -0.2) is 14.4 Å². The van der Waals surface area contributed by atoms with Gasteiger partial charge in [0.15, 0.2) is 5.82 Å². The quantitative estimate of drug-likeness (QED) is 0.402. The third kappa shape index (κ3) is 4.40. The fourth-order valence-corrected chi connectivity index (χ4v) is 4.95. The van der Waals surface area contributed by atoms with Gasteiger partial charge in [0.1, 0.15) is 5.82 Å². The van der Waals surface area contributed by atoms with Crippen LogP contribution in [0, 0.1) is 5.82 Å². The van der Waals surface area contributed by atoms with E-state index in [0.29, 0.717) is 11.4 Å². The Labute approximate surface area is 185 Å². The van der Waals surface area contributed by atoms with Crippen molar-refractivity contribution >= 4 is 11.3 Å². The third-order valence-electron chi connectivity index (χ3n) is 5.78. The summed E-state index contributed by atoms with van der Waals surface area (Å²) < 4.78 is 14.7. The van der Waals surface area contributed by atoms with Gasteiger partial charge in [-0.05, 0) is 60.0 Å². The Morgan fingerprint density at radius 1 is 1.06 bits per heavy atom. The van der Waals surface area contributed by atoms with E-state index >= 15 is 0 Å². The summed E-state index contributed by atoms with van der Waals surface area (Å²) in [5, 5.41) is 4.33. The van der Waals surface area contributed by atoms with E-state index in [2.05, 4.69) is 31.7 Å². The molecule has 1 atom stereocenters. The van der Waals surface area contributed by atoms with Crippen molar-refractivity contribution in [1.29, 1.82) is 0 Å². The van der Waals surface area contributed by atoms with Gasteiger partial charge in [0.2, 0.25) is 0 Å². The molecule has 1 aliphatic rings. The molecule has 0 aliphatic carbocycles. The van der Waals surface area contributed by atoms with Crippen LogP contribution in [-0.4, -0.2) is 32.9 Å². The van der Waals surface area contributed by atoms with Crippen molar-refractivity contribution in [2.24, 2.45) is 0 Å². The molecule has 4 heterocycles. The molecule has 156 valence electrons. The van der Waals surface area contributed by atoms with Crippen molar-refractivity contribution in [2.75, 3.05) is 13.1 Å². The molecule has 0 saturated carbocycles. The molecule has 0 radical (unpaired) electrons. The number of aromatic nitrogens is 3. The maximum atomic E-state index is 14.7. The van der Waals surface area contributed by atoms with Crippen LogP contribution in [0.15, 0.2) is 71.8 Å². The van der Waals surface area contributed by atoms with Crippen LogP contribution in [0.4, 0.5) is 4.39 Å². The maximum absolute atomic E-state index is 14.7. The molecule has 0 bridgehead atoms. The number of halogens is 1. The van der Waals surface area contributed by atoms with Crippen molar-refractivity contribution < 1.29 is 4.39 Å². The molecule has 1 saturated heterocycles. The Balaban J connectivity index is 1.53. The minimum atomic E-state index is -0.243. The van der Waals surface area contributed by atoms with Gasteiger partial charge in [0.05, 0.1) is 5.69 Å². The smallest absolute Gasteiger partial charge is 0.160 e. The van der Waals surface area contributed by atoms with Gasteiger partial charge in [0.25, 0.3) is 0 Å². The molecule has 3 aromatic heterocycles. The second-order valence-electron chi connectivity index (χ2n) is 7.92. The summed E-state index contributed by atoms with van der Waals surface area (Å²) in [4.78, 5) is 16.2. The molecule has 0 N–H and O–H groups in total. The zero-order valence-corrected chi connectivity index (χ0v) is 17.9. The Morgan fingerprint density at radius 3 is 2.81 bits per heavy atom. The summed E-state index contributed by atoms with van der Waals surface area (Å²) in [6.45, 7) is 2.91. The summed E-state index contributed by atoms with van der Waals surface area (Å²) in [5.41, 5.74) is 4.49. The molecule has 6 heteroatoms. The first-order valence-corrected chi connectivity index (χ1v) is 11.5. The van der Waals surface area contributed by atoms with Gasteiger partial charge in [-0.15, -0.1) is 0 Å². The molecule has 1 aromatic carbocycles. The number of pyridine rings is 1. The predicted octanol–water partition coefficient (Wildman–Crippen LogP) is 5.79. The van der Waals surface area contributed by atoms with Gasteiger partial charge >= 0.3 is 0 Å². The summed E-state index contributed by atoms with van der Waals surface area (Å²) in [6.07, 6.45) is 7.41. The van der Waals surface area contributed by atoms with E-state index in [1.807, 2.05) is 24.3 Å². The normalized spacial score (nSPS) is 17.0. The van der Waals surface area contributed by atoms with E-state index in [0.717, 1.165) is 49.3 Å². The lowest BCUT2D eigenvalue weighted by Gasteiger charge is -2.33. The molecular formula is C25H23FN4S. The minimum Gasteiger partial charge on any atom is -0.298 e. The van der Waals surface area contributed by atoms with Crippen LogP contribution in [0.1, 0.15) is 30.0 Å².